The van der Waals surface area contributed by atoms with E-state index in [0.29, 0.717) is 5.92 Å². The molecule has 1 aromatic heterocycles. The average Bonchev–Trinajstić information content (AvgIpc) is 2.79. The van der Waals surface area contributed by atoms with E-state index in [-0.39, 0.29) is 12.3 Å². The van der Waals surface area contributed by atoms with Crippen molar-refractivity contribution in [2.75, 3.05) is 0 Å². The van der Waals surface area contributed by atoms with E-state index in [1.54, 1.807) is 6.26 Å². The normalized spacial score (nSPS) is 12.6. The molecule has 1 heterocycles. The quantitative estimate of drug-likeness (QED) is 0.890. The van der Waals surface area contributed by atoms with E-state index in [1.165, 1.54) is 12.5 Å². The number of nitrogens with one attached hydrogen (secondary N) is 1. The summed E-state index contributed by atoms with van der Waals surface area (Å²) in [6.45, 7) is 7.72. The number of furan rings is 1. The molecule has 1 atom stereocenters. The molecule has 1 unspecified atom stereocenters. The summed E-state index contributed by atoms with van der Waals surface area (Å²) in [5.41, 5.74) is 3.89. The summed E-state index contributed by atoms with van der Waals surface area (Å²) in [5.74, 6) is -1.000. The van der Waals surface area contributed by atoms with Gasteiger partial charge in [0.15, 0.2) is 0 Å². The number of aliphatic carboxylic acids is 1. The van der Waals surface area contributed by atoms with Crippen molar-refractivity contribution in [3.05, 3.63) is 35.1 Å². The van der Waals surface area contributed by atoms with Crippen LogP contribution in [0, 0.1) is 6.92 Å². The number of amides is 1. The third kappa shape index (κ3) is 3.30. The van der Waals surface area contributed by atoms with E-state index in [1.807, 2.05) is 13.0 Å². The molecule has 2 N–H and O–H groups in total. The molecule has 0 saturated heterocycles. The molecule has 0 bridgehead atoms. The molecule has 0 aliphatic carbocycles. The summed E-state index contributed by atoms with van der Waals surface area (Å²) in [4.78, 5) is 22.7. The summed E-state index contributed by atoms with van der Waals surface area (Å²) in [6, 6.07) is 3.13. The standard InChI is InChI=1S/C17H21NO4/c1-9(2)13-7-14-12(8-22-15(14)5-10(13)3)6-16(19)18-11(4)17(20)21/h5,7-9,11H,6H2,1-4H3,(H,18,19)(H,20,21). The predicted octanol–water partition coefficient (Wildman–Crippen LogP) is 3.00. The maximum absolute atomic E-state index is 11.9. The van der Waals surface area contributed by atoms with E-state index in [4.69, 9.17) is 9.52 Å². The smallest absolute Gasteiger partial charge is 0.325 e. The van der Waals surface area contributed by atoms with Crippen molar-refractivity contribution >= 4 is 22.8 Å². The number of rotatable bonds is 5. The second-order valence-electron chi connectivity index (χ2n) is 5.92. The highest BCUT2D eigenvalue weighted by Gasteiger charge is 2.17. The van der Waals surface area contributed by atoms with Crippen molar-refractivity contribution in [2.45, 2.75) is 46.1 Å². The third-order valence-corrected chi connectivity index (χ3v) is 3.76. The molecule has 0 aliphatic heterocycles. The number of hydrogen-bond donors (Lipinski definition) is 2. The summed E-state index contributed by atoms with van der Waals surface area (Å²) in [7, 11) is 0. The van der Waals surface area contributed by atoms with E-state index in [0.717, 1.165) is 22.1 Å². The van der Waals surface area contributed by atoms with Gasteiger partial charge in [-0.1, -0.05) is 13.8 Å². The minimum Gasteiger partial charge on any atom is -0.480 e. The highest BCUT2D eigenvalue weighted by molar-refractivity contribution is 5.90. The Morgan fingerprint density at radius 2 is 1.95 bits per heavy atom. The van der Waals surface area contributed by atoms with Crippen LogP contribution in [-0.4, -0.2) is 23.0 Å². The van der Waals surface area contributed by atoms with Crippen LogP contribution in [0.5, 0.6) is 0 Å². The Balaban J connectivity index is 2.27. The zero-order valence-electron chi connectivity index (χ0n) is 13.3. The van der Waals surface area contributed by atoms with E-state index < -0.39 is 12.0 Å². The minimum absolute atomic E-state index is 0.102. The Kier molecular flexibility index (Phi) is 4.54. The molecule has 0 aliphatic rings. The van der Waals surface area contributed by atoms with Gasteiger partial charge in [-0.05, 0) is 43.0 Å². The molecule has 2 rings (SSSR count). The number of fused-ring (bicyclic) bond motifs is 1. The largest absolute Gasteiger partial charge is 0.480 e. The Hall–Kier alpha value is -2.30. The lowest BCUT2D eigenvalue weighted by molar-refractivity contribution is -0.141. The van der Waals surface area contributed by atoms with Crippen molar-refractivity contribution in [1.29, 1.82) is 0 Å². The van der Waals surface area contributed by atoms with Crippen LogP contribution in [0.1, 0.15) is 43.4 Å². The summed E-state index contributed by atoms with van der Waals surface area (Å²) >= 11 is 0. The minimum atomic E-state index is -1.05. The van der Waals surface area contributed by atoms with Crippen LogP contribution in [0.2, 0.25) is 0 Å². The Morgan fingerprint density at radius 3 is 2.55 bits per heavy atom. The zero-order valence-corrected chi connectivity index (χ0v) is 13.3. The first-order chi connectivity index (χ1) is 10.3. The van der Waals surface area contributed by atoms with Crippen LogP contribution >= 0.6 is 0 Å². The SMILES string of the molecule is Cc1cc2occ(CC(=O)NC(C)C(=O)O)c2cc1C(C)C. The number of carbonyl (C=O) groups excluding carboxylic acids is 1. The van der Waals surface area contributed by atoms with Crippen LogP contribution in [0.4, 0.5) is 0 Å². The first-order valence-electron chi connectivity index (χ1n) is 7.32. The van der Waals surface area contributed by atoms with Crippen molar-refractivity contribution in [3.8, 4) is 0 Å². The topological polar surface area (TPSA) is 79.5 Å². The molecule has 0 radical (unpaired) electrons. The summed E-state index contributed by atoms with van der Waals surface area (Å²) in [5, 5.41) is 12.2. The van der Waals surface area contributed by atoms with Crippen molar-refractivity contribution in [1.82, 2.24) is 5.32 Å². The number of carboxylic acids is 1. The molecule has 5 nitrogen and oxygen atoms in total. The Morgan fingerprint density at radius 1 is 1.27 bits per heavy atom. The monoisotopic (exact) mass is 303 g/mol. The van der Waals surface area contributed by atoms with Crippen molar-refractivity contribution in [2.24, 2.45) is 0 Å². The van der Waals surface area contributed by atoms with Gasteiger partial charge in [0, 0.05) is 10.9 Å². The van der Waals surface area contributed by atoms with Gasteiger partial charge in [0.05, 0.1) is 12.7 Å². The Bertz CT molecular complexity index is 715. The van der Waals surface area contributed by atoms with Crippen LogP contribution in [0.25, 0.3) is 11.0 Å². The lowest BCUT2D eigenvalue weighted by Gasteiger charge is -2.10. The third-order valence-electron chi connectivity index (χ3n) is 3.76. The van der Waals surface area contributed by atoms with E-state index >= 15 is 0 Å². The van der Waals surface area contributed by atoms with Gasteiger partial charge in [-0.2, -0.15) is 0 Å². The van der Waals surface area contributed by atoms with Gasteiger partial charge in [-0.3, -0.25) is 9.59 Å². The number of carbonyl (C=O) groups is 2. The lowest BCUT2D eigenvalue weighted by Crippen LogP contribution is -2.39. The predicted molar refractivity (Wildman–Crippen MR) is 84.0 cm³/mol. The fourth-order valence-corrected chi connectivity index (χ4v) is 2.53. The van der Waals surface area contributed by atoms with Gasteiger partial charge in [-0.15, -0.1) is 0 Å². The highest BCUT2D eigenvalue weighted by atomic mass is 16.4. The highest BCUT2D eigenvalue weighted by Crippen LogP contribution is 2.29. The first-order valence-corrected chi connectivity index (χ1v) is 7.32. The van der Waals surface area contributed by atoms with Gasteiger partial charge in [0.2, 0.25) is 5.91 Å². The number of aryl methyl sites for hydroxylation is 1. The molecular formula is C17H21NO4. The average molecular weight is 303 g/mol. The van der Waals surface area contributed by atoms with E-state index in [9.17, 15) is 9.59 Å². The number of benzene rings is 1. The fraction of sp³-hybridized carbons (Fsp3) is 0.412. The number of hydrogen-bond acceptors (Lipinski definition) is 3. The van der Waals surface area contributed by atoms with Crippen molar-refractivity contribution < 1.29 is 19.1 Å². The zero-order chi connectivity index (χ0) is 16.4. The van der Waals surface area contributed by atoms with Crippen LogP contribution in [0.15, 0.2) is 22.8 Å². The van der Waals surface area contributed by atoms with Gasteiger partial charge in [0.1, 0.15) is 11.6 Å². The maximum Gasteiger partial charge on any atom is 0.325 e. The van der Waals surface area contributed by atoms with Gasteiger partial charge >= 0.3 is 5.97 Å². The maximum atomic E-state index is 11.9. The van der Waals surface area contributed by atoms with E-state index in [2.05, 4.69) is 25.2 Å². The molecule has 0 spiro atoms. The molecule has 22 heavy (non-hydrogen) atoms. The second-order valence-corrected chi connectivity index (χ2v) is 5.92. The summed E-state index contributed by atoms with van der Waals surface area (Å²) < 4.78 is 5.52. The van der Waals surface area contributed by atoms with Gasteiger partial charge in [0.25, 0.3) is 0 Å². The lowest BCUT2D eigenvalue weighted by atomic mass is 9.95. The first kappa shape index (κ1) is 16.1. The summed E-state index contributed by atoms with van der Waals surface area (Å²) in [6.07, 6.45) is 1.67. The van der Waals surface area contributed by atoms with Gasteiger partial charge in [-0.25, -0.2) is 0 Å². The molecular weight excluding hydrogens is 282 g/mol. The van der Waals surface area contributed by atoms with Crippen LogP contribution in [-0.2, 0) is 16.0 Å². The number of carboxylic acid groups (broad SMARTS) is 1. The molecule has 118 valence electrons. The van der Waals surface area contributed by atoms with Crippen molar-refractivity contribution in [3.63, 3.8) is 0 Å². The molecule has 2 aromatic rings. The van der Waals surface area contributed by atoms with Crippen LogP contribution in [0.3, 0.4) is 0 Å². The Labute approximate surface area is 129 Å². The molecule has 1 amide bonds. The molecule has 1 aromatic carbocycles. The molecule has 0 fully saturated rings. The molecule has 0 saturated carbocycles. The fourth-order valence-electron chi connectivity index (χ4n) is 2.53. The van der Waals surface area contributed by atoms with Gasteiger partial charge < -0.3 is 14.8 Å². The van der Waals surface area contributed by atoms with Crippen LogP contribution < -0.4 is 5.32 Å². The second kappa shape index (κ2) is 6.22. The molecule has 5 heteroatoms.